The molecule has 2 aromatic carbocycles. The van der Waals surface area contributed by atoms with Crippen molar-refractivity contribution in [1.29, 1.82) is 0 Å². The third-order valence-electron chi connectivity index (χ3n) is 4.68. The molecule has 0 aromatic heterocycles. The van der Waals surface area contributed by atoms with Crippen LogP contribution < -0.4 is 5.32 Å². The van der Waals surface area contributed by atoms with Gasteiger partial charge in [0.25, 0.3) is 0 Å². The molecule has 2 atom stereocenters. The fraction of sp³-hybridized carbons (Fsp3) is 0.300. The number of aromatic carboxylic acids is 1. The maximum Gasteiger partial charge on any atom is 0.416 e. The Morgan fingerprint density at radius 3 is 2.44 bits per heavy atom. The molecule has 0 bridgehead atoms. The standard InChI is InChI=1S/C20H18F3NO3/c21-20(22,23)15-6-4-13(5-7-15)16-11-17(16)18(25)24-9-8-12-2-1-3-14(10-12)19(26)27/h1-7,10,16-17H,8-9,11H2,(H,24,25)(H,26,27). The molecule has 1 amide bonds. The number of rotatable bonds is 6. The van der Waals surface area contributed by atoms with E-state index in [-0.39, 0.29) is 23.3 Å². The number of hydrogen-bond acceptors (Lipinski definition) is 2. The Morgan fingerprint density at radius 1 is 1.11 bits per heavy atom. The normalized spacial score (nSPS) is 18.8. The van der Waals surface area contributed by atoms with Crippen molar-refractivity contribution in [2.24, 2.45) is 5.92 Å². The minimum atomic E-state index is -4.36. The molecule has 1 fully saturated rings. The number of carboxylic acid groups (broad SMARTS) is 1. The van der Waals surface area contributed by atoms with Crippen molar-refractivity contribution in [3.05, 3.63) is 70.8 Å². The lowest BCUT2D eigenvalue weighted by Gasteiger charge is -2.08. The number of hydrogen-bond donors (Lipinski definition) is 2. The summed E-state index contributed by atoms with van der Waals surface area (Å²) in [5, 5.41) is 11.8. The van der Waals surface area contributed by atoms with E-state index in [4.69, 9.17) is 5.11 Å². The molecule has 2 N–H and O–H groups in total. The van der Waals surface area contributed by atoms with Crippen LogP contribution in [-0.4, -0.2) is 23.5 Å². The molecule has 7 heteroatoms. The molecule has 27 heavy (non-hydrogen) atoms. The van der Waals surface area contributed by atoms with Crippen molar-refractivity contribution < 1.29 is 27.9 Å². The van der Waals surface area contributed by atoms with E-state index in [1.807, 2.05) is 0 Å². The zero-order valence-corrected chi connectivity index (χ0v) is 14.3. The van der Waals surface area contributed by atoms with Gasteiger partial charge in [0.1, 0.15) is 0 Å². The van der Waals surface area contributed by atoms with E-state index in [2.05, 4.69) is 5.32 Å². The van der Waals surface area contributed by atoms with Gasteiger partial charge < -0.3 is 10.4 Å². The molecule has 0 spiro atoms. The van der Waals surface area contributed by atoms with Crippen LogP contribution in [0.4, 0.5) is 13.2 Å². The lowest BCUT2D eigenvalue weighted by Crippen LogP contribution is -2.27. The highest BCUT2D eigenvalue weighted by molar-refractivity contribution is 5.87. The summed E-state index contributed by atoms with van der Waals surface area (Å²) in [6.07, 6.45) is -3.24. The summed E-state index contributed by atoms with van der Waals surface area (Å²) < 4.78 is 37.8. The van der Waals surface area contributed by atoms with Crippen LogP contribution in [0.3, 0.4) is 0 Å². The monoisotopic (exact) mass is 377 g/mol. The van der Waals surface area contributed by atoms with Gasteiger partial charge in [-0.25, -0.2) is 4.79 Å². The fourth-order valence-electron chi connectivity index (χ4n) is 3.09. The van der Waals surface area contributed by atoms with Crippen LogP contribution in [0.2, 0.25) is 0 Å². The lowest BCUT2D eigenvalue weighted by atomic mass is 10.1. The van der Waals surface area contributed by atoms with E-state index < -0.39 is 17.7 Å². The van der Waals surface area contributed by atoms with Crippen LogP contribution in [0.25, 0.3) is 0 Å². The van der Waals surface area contributed by atoms with Gasteiger partial charge in [-0.2, -0.15) is 13.2 Å². The third-order valence-corrected chi connectivity index (χ3v) is 4.68. The van der Waals surface area contributed by atoms with E-state index in [9.17, 15) is 22.8 Å². The average molecular weight is 377 g/mol. The molecule has 1 aliphatic rings. The smallest absolute Gasteiger partial charge is 0.416 e. The van der Waals surface area contributed by atoms with Gasteiger partial charge in [-0.15, -0.1) is 0 Å². The van der Waals surface area contributed by atoms with Gasteiger partial charge in [0.15, 0.2) is 0 Å². The summed E-state index contributed by atoms with van der Waals surface area (Å²) in [6.45, 7) is 0.373. The van der Waals surface area contributed by atoms with E-state index in [1.54, 1.807) is 18.2 Å². The summed E-state index contributed by atoms with van der Waals surface area (Å²) in [5.41, 5.74) is 1.04. The van der Waals surface area contributed by atoms with E-state index >= 15 is 0 Å². The van der Waals surface area contributed by atoms with Crippen molar-refractivity contribution in [2.45, 2.75) is 24.9 Å². The van der Waals surface area contributed by atoms with Crippen molar-refractivity contribution in [1.82, 2.24) is 5.32 Å². The van der Waals surface area contributed by atoms with E-state index in [1.165, 1.54) is 18.2 Å². The summed E-state index contributed by atoms with van der Waals surface area (Å²) in [4.78, 5) is 23.1. The van der Waals surface area contributed by atoms with Gasteiger partial charge in [-0.05, 0) is 54.2 Å². The van der Waals surface area contributed by atoms with E-state index in [0.717, 1.165) is 23.3 Å². The van der Waals surface area contributed by atoms with Crippen LogP contribution in [-0.2, 0) is 17.4 Å². The predicted octanol–water partition coefficient (Wildman–Crippen LogP) is 3.87. The number of carbonyl (C=O) groups is 2. The number of alkyl halides is 3. The highest BCUT2D eigenvalue weighted by atomic mass is 19.4. The molecular weight excluding hydrogens is 359 g/mol. The molecule has 1 saturated carbocycles. The number of nitrogens with one attached hydrogen (secondary N) is 1. The Hall–Kier alpha value is -2.83. The largest absolute Gasteiger partial charge is 0.478 e. The van der Waals surface area contributed by atoms with E-state index in [0.29, 0.717) is 19.4 Å². The Morgan fingerprint density at radius 2 is 1.81 bits per heavy atom. The maximum absolute atomic E-state index is 12.6. The number of amides is 1. The van der Waals surface area contributed by atoms with Crippen LogP contribution in [0.5, 0.6) is 0 Å². The highest BCUT2D eigenvalue weighted by Gasteiger charge is 2.44. The molecule has 0 saturated heterocycles. The minimum absolute atomic E-state index is 0.0531. The second-order valence-electron chi connectivity index (χ2n) is 6.62. The molecule has 0 heterocycles. The molecule has 2 unspecified atom stereocenters. The molecule has 0 aliphatic heterocycles. The number of carbonyl (C=O) groups excluding carboxylic acids is 1. The highest BCUT2D eigenvalue weighted by Crippen LogP contribution is 2.47. The second-order valence-corrected chi connectivity index (χ2v) is 6.62. The average Bonchev–Trinajstić information content (AvgIpc) is 3.42. The molecule has 0 radical (unpaired) electrons. The van der Waals surface area contributed by atoms with Crippen LogP contribution >= 0.6 is 0 Å². The summed E-state index contributed by atoms with van der Waals surface area (Å²) in [5.74, 6) is -1.41. The summed E-state index contributed by atoms with van der Waals surface area (Å²) in [6, 6.07) is 11.5. The summed E-state index contributed by atoms with van der Waals surface area (Å²) >= 11 is 0. The first-order valence-corrected chi connectivity index (χ1v) is 8.53. The van der Waals surface area contributed by atoms with Gasteiger partial charge in [0, 0.05) is 12.5 Å². The topological polar surface area (TPSA) is 66.4 Å². The Labute approximate surface area is 154 Å². The number of halogens is 3. The molecular formula is C20H18F3NO3. The number of carboxylic acids is 1. The van der Waals surface area contributed by atoms with Crippen molar-refractivity contribution in [3.8, 4) is 0 Å². The van der Waals surface area contributed by atoms with Crippen molar-refractivity contribution in [3.63, 3.8) is 0 Å². The predicted molar refractivity (Wildman–Crippen MR) is 92.4 cm³/mol. The Balaban J connectivity index is 1.49. The van der Waals surface area contributed by atoms with Crippen LogP contribution in [0, 0.1) is 5.92 Å². The van der Waals surface area contributed by atoms with Crippen molar-refractivity contribution in [2.75, 3.05) is 6.54 Å². The molecule has 1 aliphatic carbocycles. The van der Waals surface area contributed by atoms with Crippen LogP contribution in [0.15, 0.2) is 48.5 Å². The quantitative estimate of drug-likeness (QED) is 0.803. The van der Waals surface area contributed by atoms with Gasteiger partial charge in [-0.3, -0.25) is 4.79 Å². The molecule has 2 aromatic rings. The number of benzene rings is 2. The zero-order chi connectivity index (χ0) is 19.6. The molecule has 3 rings (SSSR count). The fourth-order valence-corrected chi connectivity index (χ4v) is 3.09. The first-order valence-electron chi connectivity index (χ1n) is 8.53. The second kappa shape index (κ2) is 7.42. The SMILES string of the molecule is O=C(O)c1cccc(CCNC(=O)C2CC2c2ccc(C(F)(F)F)cc2)c1. The van der Waals surface area contributed by atoms with Gasteiger partial charge in [0.05, 0.1) is 11.1 Å². The third kappa shape index (κ3) is 4.67. The zero-order valence-electron chi connectivity index (χ0n) is 14.3. The summed E-state index contributed by atoms with van der Waals surface area (Å²) in [7, 11) is 0. The first-order chi connectivity index (χ1) is 12.8. The van der Waals surface area contributed by atoms with Gasteiger partial charge in [-0.1, -0.05) is 24.3 Å². The first kappa shape index (κ1) is 18.9. The lowest BCUT2D eigenvalue weighted by molar-refractivity contribution is -0.137. The Bertz CT molecular complexity index is 846. The molecule has 142 valence electrons. The van der Waals surface area contributed by atoms with Crippen molar-refractivity contribution >= 4 is 11.9 Å². The van der Waals surface area contributed by atoms with Gasteiger partial charge >= 0.3 is 12.1 Å². The van der Waals surface area contributed by atoms with Crippen LogP contribution in [0.1, 0.15) is 39.4 Å². The molecule has 4 nitrogen and oxygen atoms in total. The minimum Gasteiger partial charge on any atom is -0.478 e. The van der Waals surface area contributed by atoms with Gasteiger partial charge in [0.2, 0.25) is 5.91 Å². The maximum atomic E-state index is 12.6. The Kier molecular flexibility index (Phi) is 5.21.